The second-order valence-electron chi connectivity index (χ2n) is 7.06. The maximum Gasteiger partial charge on any atom is 0.322 e. The molecule has 2 amide bonds. The van der Waals surface area contributed by atoms with Gasteiger partial charge in [-0.25, -0.2) is 9.48 Å². The Bertz CT molecular complexity index is 971. The first-order chi connectivity index (χ1) is 14.1. The van der Waals surface area contributed by atoms with Crippen molar-refractivity contribution < 1.29 is 4.79 Å². The van der Waals surface area contributed by atoms with E-state index in [4.69, 9.17) is 0 Å². The van der Waals surface area contributed by atoms with Gasteiger partial charge in [-0.2, -0.15) is 4.98 Å². The van der Waals surface area contributed by atoms with E-state index in [9.17, 15) is 4.79 Å². The lowest BCUT2D eigenvalue weighted by Gasteiger charge is -2.36. The highest BCUT2D eigenvalue weighted by Gasteiger charge is 2.28. The van der Waals surface area contributed by atoms with E-state index in [1.54, 1.807) is 17.2 Å². The molecule has 9 heteroatoms. The summed E-state index contributed by atoms with van der Waals surface area (Å²) in [6.45, 7) is 2.09. The van der Waals surface area contributed by atoms with Gasteiger partial charge in [0, 0.05) is 51.8 Å². The lowest BCUT2D eigenvalue weighted by atomic mass is 10.1. The number of hydrogen-bond donors (Lipinski definition) is 2. The summed E-state index contributed by atoms with van der Waals surface area (Å²) in [6.07, 6.45) is 5.21. The summed E-state index contributed by atoms with van der Waals surface area (Å²) in [5.74, 6) is 0.625. The Morgan fingerprint density at radius 2 is 2.17 bits per heavy atom. The van der Waals surface area contributed by atoms with Crippen molar-refractivity contribution in [3.63, 3.8) is 0 Å². The molecule has 1 aromatic carbocycles. The van der Waals surface area contributed by atoms with Gasteiger partial charge in [-0.3, -0.25) is 4.98 Å². The van der Waals surface area contributed by atoms with E-state index >= 15 is 0 Å². The predicted molar refractivity (Wildman–Crippen MR) is 111 cm³/mol. The normalized spacial score (nSPS) is 16.5. The number of anilines is 2. The van der Waals surface area contributed by atoms with Crippen molar-refractivity contribution in [2.75, 3.05) is 43.9 Å². The molecule has 4 rings (SSSR count). The molecule has 1 aliphatic rings. The molecule has 1 unspecified atom stereocenters. The Kier molecular flexibility index (Phi) is 5.39. The van der Waals surface area contributed by atoms with Crippen LogP contribution in [0.5, 0.6) is 0 Å². The Hall–Kier alpha value is -3.46. The largest absolute Gasteiger partial charge is 0.346 e. The van der Waals surface area contributed by atoms with Crippen molar-refractivity contribution >= 4 is 17.7 Å². The molecule has 1 atom stereocenters. The van der Waals surface area contributed by atoms with Gasteiger partial charge in [-0.1, -0.05) is 12.1 Å². The maximum atomic E-state index is 13.0. The molecule has 9 nitrogen and oxygen atoms in total. The fourth-order valence-electron chi connectivity index (χ4n) is 3.32. The number of hydrogen-bond acceptors (Lipinski definition) is 6. The van der Waals surface area contributed by atoms with E-state index in [0.29, 0.717) is 24.7 Å². The van der Waals surface area contributed by atoms with Gasteiger partial charge in [0.05, 0.1) is 11.7 Å². The van der Waals surface area contributed by atoms with Crippen LogP contribution in [0.4, 0.5) is 16.4 Å². The molecule has 1 fully saturated rings. The molecule has 3 heterocycles. The molecule has 0 saturated carbocycles. The van der Waals surface area contributed by atoms with Crippen LogP contribution in [-0.4, -0.2) is 64.4 Å². The van der Waals surface area contributed by atoms with Crippen LogP contribution in [0.25, 0.3) is 5.69 Å². The quantitative estimate of drug-likeness (QED) is 0.705. The number of amides is 2. The number of rotatable bonds is 4. The number of nitrogens with zero attached hydrogens (tertiary/aromatic N) is 6. The van der Waals surface area contributed by atoms with Gasteiger partial charge in [0.25, 0.3) is 0 Å². The third kappa shape index (κ3) is 4.19. The van der Waals surface area contributed by atoms with Crippen molar-refractivity contribution in [1.82, 2.24) is 30.0 Å². The molecule has 2 N–H and O–H groups in total. The lowest BCUT2D eigenvalue weighted by molar-refractivity contribution is 0.171. The number of carbonyl (C=O) groups excluding carboxylic acids is 1. The Morgan fingerprint density at radius 3 is 2.93 bits per heavy atom. The average Bonchev–Trinajstić information content (AvgIpc) is 3.25. The van der Waals surface area contributed by atoms with Crippen molar-refractivity contribution in [3.8, 4) is 5.69 Å². The van der Waals surface area contributed by atoms with Crippen LogP contribution in [0, 0.1) is 0 Å². The van der Waals surface area contributed by atoms with E-state index in [2.05, 4.69) is 25.7 Å². The van der Waals surface area contributed by atoms with Gasteiger partial charge in [-0.05, 0) is 29.8 Å². The van der Waals surface area contributed by atoms with Crippen molar-refractivity contribution in [2.45, 2.75) is 6.04 Å². The lowest BCUT2D eigenvalue weighted by Crippen LogP contribution is -2.50. The molecule has 0 spiro atoms. The number of carbonyl (C=O) groups is 1. The number of urea groups is 1. The van der Waals surface area contributed by atoms with E-state index in [-0.39, 0.29) is 12.1 Å². The van der Waals surface area contributed by atoms with Crippen molar-refractivity contribution in [2.24, 2.45) is 0 Å². The van der Waals surface area contributed by atoms with Gasteiger partial charge in [0.15, 0.2) is 0 Å². The minimum Gasteiger partial charge on any atom is -0.346 e. The molecule has 0 bridgehead atoms. The summed E-state index contributed by atoms with van der Waals surface area (Å²) in [5.41, 5.74) is 2.55. The Balaban J connectivity index is 1.51. The second-order valence-corrected chi connectivity index (χ2v) is 7.06. The minimum atomic E-state index is -0.134. The Labute approximate surface area is 169 Å². The Morgan fingerprint density at radius 1 is 1.28 bits per heavy atom. The third-order valence-electron chi connectivity index (χ3n) is 4.82. The van der Waals surface area contributed by atoms with E-state index in [1.165, 1.54) is 0 Å². The fraction of sp³-hybridized carbons (Fsp3) is 0.300. The summed E-state index contributed by atoms with van der Waals surface area (Å²) in [5, 5.41) is 10.8. The standard InChI is InChI=1S/C20H24N8O/c1-26(2)19-23-14-28(25-19)17-7-3-6-16(11-17)24-20(29)27-10-9-22-13-18(27)15-5-4-8-21-12-15/h3-8,11-12,14,18,22H,9-10,13H2,1-2H3,(H,24,29). The van der Waals surface area contributed by atoms with Gasteiger partial charge in [0.1, 0.15) is 6.33 Å². The molecule has 29 heavy (non-hydrogen) atoms. The molecule has 3 aromatic rings. The molecule has 150 valence electrons. The summed E-state index contributed by atoms with van der Waals surface area (Å²) in [6, 6.07) is 11.3. The van der Waals surface area contributed by atoms with Crippen LogP contribution >= 0.6 is 0 Å². The molecule has 0 radical (unpaired) electrons. The van der Waals surface area contributed by atoms with Crippen LogP contribution in [0.15, 0.2) is 55.1 Å². The molecule has 2 aromatic heterocycles. The molecular formula is C20H24N8O. The first-order valence-corrected chi connectivity index (χ1v) is 9.49. The molecule has 1 aliphatic heterocycles. The van der Waals surface area contributed by atoms with Gasteiger partial charge < -0.3 is 20.4 Å². The van der Waals surface area contributed by atoms with Crippen LogP contribution in [0.1, 0.15) is 11.6 Å². The number of piperazine rings is 1. The number of benzene rings is 1. The van der Waals surface area contributed by atoms with E-state index in [1.807, 2.05) is 66.5 Å². The molecule has 0 aliphatic carbocycles. The zero-order chi connectivity index (χ0) is 20.2. The van der Waals surface area contributed by atoms with Crippen molar-refractivity contribution in [3.05, 3.63) is 60.7 Å². The maximum absolute atomic E-state index is 13.0. The van der Waals surface area contributed by atoms with Crippen LogP contribution in [-0.2, 0) is 0 Å². The van der Waals surface area contributed by atoms with Crippen LogP contribution in [0.2, 0.25) is 0 Å². The van der Waals surface area contributed by atoms with Crippen LogP contribution < -0.4 is 15.5 Å². The molecular weight excluding hydrogens is 368 g/mol. The van der Waals surface area contributed by atoms with Gasteiger partial charge >= 0.3 is 6.03 Å². The van der Waals surface area contributed by atoms with Crippen molar-refractivity contribution in [1.29, 1.82) is 0 Å². The smallest absolute Gasteiger partial charge is 0.322 e. The highest BCUT2D eigenvalue weighted by Crippen LogP contribution is 2.23. The summed E-state index contributed by atoms with van der Waals surface area (Å²) in [4.78, 5) is 25.2. The first-order valence-electron chi connectivity index (χ1n) is 9.49. The minimum absolute atomic E-state index is 0.0569. The summed E-state index contributed by atoms with van der Waals surface area (Å²) < 4.78 is 1.69. The van der Waals surface area contributed by atoms with E-state index in [0.717, 1.165) is 17.8 Å². The average molecular weight is 392 g/mol. The van der Waals surface area contributed by atoms with Crippen LogP contribution in [0.3, 0.4) is 0 Å². The highest BCUT2D eigenvalue weighted by atomic mass is 16.2. The second kappa shape index (κ2) is 8.27. The van der Waals surface area contributed by atoms with E-state index < -0.39 is 0 Å². The first kappa shape index (κ1) is 18.9. The number of pyridine rings is 1. The number of nitrogens with one attached hydrogen (secondary N) is 2. The molecule has 1 saturated heterocycles. The fourth-order valence-corrected chi connectivity index (χ4v) is 3.32. The zero-order valence-electron chi connectivity index (χ0n) is 16.5. The van der Waals surface area contributed by atoms with Gasteiger partial charge in [0.2, 0.25) is 5.95 Å². The summed E-state index contributed by atoms with van der Waals surface area (Å²) >= 11 is 0. The zero-order valence-corrected chi connectivity index (χ0v) is 16.5. The van der Waals surface area contributed by atoms with Gasteiger partial charge in [-0.15, -0.1) is 5.10 Å². The predicted octanol–water partition coefficient (Wildman–Crippen LogP) is 1.91. The SMILES string of the molecule is CN(C)c1ncn(-c2cccc(NC(=O)N3CCNCC3c3cccnc3)c2)n1. The monoisotopic (exact) mass is 392 g/mol. The summed E-state index contributed by atoms with van der Waals surface area (Å²) in [7, 11) is 3.78. The highest BCUT2D eigenvalue weighted by molar-refractivity contribution is 5.90. The topological polar surface area (TPSA) is 91.2 Å². The third-order valence-corrected chi connectivity index (χ3v) is 4.82. The number of aromatic nitrogens is 4.